The first-order chi connectivity index (χ1) is 9.19. The molecule has 1 aliphatic heterocycles. The third-order valence-corrected chi connectivity index (χ3v) is 5.76. The minimum absolute atomic E-state index is 0.0611. The Bertz CT molecular complexity index is 519. The Kier molecular flexibility index (Phi) is 3.67. The van der Waals surface area contributed by atoms with E-state index in [4.69, 9.17) is 5.73 Å². The molecule has 0 saturated carbocycles. The van der Waals surface area contributed by atoms with Gasteiger partial charge in [-0.3, -0.25) is 4.79 Å². The number of piperidine rings is 1. The van der Waals surface area contributed by atoms with Gasteiger partial charge in [0.1, 0.15) is 0 Å². The zero-order valence-corrected chi connectivity index (χ0v) is 13.2. The Morgan fingerprint density at radius 1 is 1.25 bits per heavy atom. The number of hydrogen-bond donors (Lipinski definition) is 1. The molecule has 1 fully saturated rings. The molecule has 3 heteroatoms. The number of nitrogens with two attached hydrogens (primary N) is 1. The molecule has 2 rings (SSSR count). The lowest BCUT2D eigenvalue weighted by molar-refractivity contribution is -0.0302. The Hall–Kier alpha value is -1.35. The number of nitrogens with zero attached hydrogens (tertiary/aromatic N) is 1. The van der Waals surface area contributed by atoms with E-state index < -0.39 is 0 Å². The summed E-state index contributed by atoms with van der Waals surface area (Å²) in [7, 11) is 2.18. The first-order valence-electron chi connectivity index (χ1n) is 7.29. The molecule has 0 radical (unpaired) electrons. The van der Waals surface area contributed by atoms with Gasteiger partial charge in [-0.1, -0.05) is 32.0 Å². The van der Waals surface area contributed by atoms with Crippen LogP contribution < -0.4 is 5.73 Å². The fourth-order valence-electron chi connectivity index (χ4n) is 3.45. The second-order valence-electron chi connectivity index (χ2n) is 7.00. The monoisotopic (exact) mass is 274 g/mol. The van der Waals surface area contributed by atoms with E-state index >= 15 is 0 Å². The van der Waals surface area contributed by atoms with Crippen molar-refractivity contribution in [1.82, 2.24) is 4.90 Å². The number of primary amides is 1. The van der Waals surface area contributed by atoms with Gasteiger partial charge in [0.2, 0.25) is 5.91 Å². The number of rotatable bonds is 2. The predicted molar refractivity (Wildman–Crippen MR) is 82.8 cm³/mol. The summed E-state index contributed by atoms with van der Waals surface area (Å²) in [6, 6.07) is 7.80. The van der Waals surface area contributed by atoms with Crippen LogP contribution in [0.1, 0.15) is 56.0 Å². The summed E-state index contributed by atoms with van der Waals surface area (Å²) in [5.74, 6) is 0.0190. The topological polar surface area (TPSA) is 46.3 Å². The number of carbonyl (C=O) groups excluding carboxylic acids is 1. The van der Waals surface area contributed by atoms with Crippen LogP contribution >= 0.6 is 0 Å². The highest BCUT2D eigenvalue weighted by molar-refractivity contribution is 5.94. The van der Waals surface area contributed by atoms with Crippen molar-refractivity contribution in [1.29, 1.82) is 0 Å². The molecule has 2 N–H and O–H groups in total. The van der Waals surface area contributed by atoms with Crippen molar-refractivity contribution in [2.75, 3.05) is 13.6 Å². The quantitative estimate of drug-likeness (QED) is 0.901. The van der Waals surface area contributed by atoms with Crippen LogP contribution in [0.25, 0.3) is 0 Å². The van der Waals surface area contributed by atoms with Gasteiger partial charge in [0, 0.05) is 11.1 Å². The molecule has 1 saturated heterocycles. The largest absolute Gasteiger partial charge is 0.366 e. The lowest BCUT2D eigenvalue weighted by atomic mass is 9.59. The molecule has 20 heavy (non-hydrogen) atoms. The van der Waals surface area contributed by atoms with E-state index in [1.54, 1.807) is 0 Å². The van der Waals surface area contributed by atoms with Gasteiger partial charge in [-0.05, 0) is 56.8 Å². The molecule has 1 heterocycles. The summed E-state index contributed by atoms with van der Waals surface area (Å²) in [6.45, 7) is 10.2. The number of benzene rings is 1. The summed E-state index contributed by atoms with van der Waals surface area (Å²) in [6.07, 6.45) is 1.05. The minimum Gasteiger partial charge on any atom is -0.366 e. The Morgan fingerprint density at radius 3 is 2.45 bits per heavy atom. The van der Waals surface area contributed by atoms with Crippen LogP contribution in [0.2, 0.25) is 0 Å². The van der Waals surface area contributed by atoms with Crippen molar-refractivity contribution < 1.29 is 4.79 Å². The van der Waals surface area contributed by atoms with Gasteiger partial charge in [0.15, 0.2) is 0 Å². The maximum Gasteiger partial charge on any atom is 0.248 e. The van der Waals surface area contributed by atoms with Gasteiger partial charge in [-0.25, -0.2) is 0 Å². The second kappa shape index (κ2) is 4.88. The average Bonchev–Trinajstić information content (AvgIpc) is 2.37. The molecule has 3 nitrogen and oxygen atoms in total. The molecule has 1 aromatic rings. The van der Waals surface area contributed by atoms with E-state index in [1.807, 2.05) is 18.2 Å². The smallest absolute Gasteiger partial charge is 0.248 e. The molecular weight excluding hydrogens is 248 g/mol. The Labute approximate surface area is 122 Å². The van der Waals surface area contributed by atoms with Gasteiger partial charge in [0.25, 0.3) is 0 Å². The van der Waals surface area contributed by atoms with Crippen LogP contribution in [0.5, 0.6) is 0 Å². The molecule has 1 atom stereocenters. The zero-order chi connectivity index (χ0) is 15.1. The molecule has 1 unspecified atom stereocenters. The van der Waals surface area contributed by atoms with Crippen molar-refractivity contribution >= 4 is 5.91 Å². The first kappa shape index (κ1) is 15.0. The predicted octanol–water partition coefficient (Wildman–Crippen LogP) is 3.01. The minimum atomic E-state index is -0.326. The zero-order valence-electron chi connectivity index (χ0n) is 13.2. The van der Waals surface area contributed by atoms with Crippen molar-refractivity contribution in [3.63, 3.8) is 0 Å². The highest BCUT2D eigenvalue weighted by atomic mass is 16.1. The summed E-state index contributed by atoms with van der Waals surface area (Å²) >= 11 is 0. The van der Waals surface area contributed by atoms with Gasteiger partial charge < -0.3 is 10.6 Å². The standard InChI is InChI=1S/C17H26N2O/c1-16(2)14(10-11-19(5)17(16,3)4)12-8-6-7-9-13(12)15(18)20/h6-9,14H,10-11H2,1-5H3,(H2,18,20). The van der Waals surface area contributed by atoms with Crippen LogP contribution in [-0.2, 0) is 0 Å². The van der Waals surface area contributed by atoms with Crippen LogP contribution in [-0.4, -0.2) is 29.9 Å². The Balaban J connectivity index is 2.51. The molecule has 0 spiro atoms. The van der Waals surface area contributed by atoms with E-state index in [0.29, 0.717) is 11.5 Å². The summed E-state index contributed by atoms with van der Waals surface area (Å²) in [5, 5.41) is 0. The normalized spacial score (nSPS) is 25.4. The molecule has 110 valence electrons. The van der Waals surface area contributed by atoms with Crippen LogP contribution in [0, 0.1) is 5.41 Å². The van der Waals surface area contributed by atoms with Gasteiger partial charge in [-0.15, -0.1) is 0 Å². The highest BCUT2D eigenvalue weighted by Crippen LogP contribution is 2.51. The van der Waals surface area contributed by atoms with Gasteiger partial charge >= 0.3 is 0 Å². The maximum atomic E-state index is 11.7. The van der Waals surface area contributed by atoms with Crippen LogP contribution in [0.3, 0.4) is 0 Å². The fourth-order valence-corrected chi connectivity index (χ4v) is 3.45. The van der Waals surface area contributed by atoms with E-state index in [-0.39, 0.29) is 16.9 Å². The van der Waals surface area contributed by atoms with Crippen molar-refractivity contribution in [3.05, 3.63) is 35.4 Å². The average molecular weight is 274 g/mol. The first-order valence-corrected chi connectivity index (χ1v) is 7.29. The summed E-state index contributed by atoms with van der Waals surface area (Å²) in [4.78, 5) is 14.1. The van der Waals surface area contributed by atoms with E-state index in [2.05, 4.69) is 45.7 Å². The lowest BCUT2D eigenvalue weighted by Crippen LogP contribution is -2.58. The van der Waals surface area contributed by atoms with Crippen molar-refractivity contribution in [3.8, 4) is 0 Å². The van der Waals surface area contributed by atoms with Crippen molar-refractivity contribution in [2.24, 2.45) is 11.1 Å². The van der Waals surface area contributed by atoms with E-state index in [9.17, 15) is 4.79 Å². The van der Waals surface area contributed by atoms with Crippen LogP contribution in [0.4, 0.5) is 0 Å². The third-order valence-electron chi connectivity index (χ3n) is 5.76. The molecule has 0 bridgehead atoms. The SMILES string of the molecule is CN1CCC(c2ccccc2C(N)=O)C(C)(C)C1(C)C. The maximum absolute atomic E-state index is 11.7. The summed E-state index contributed by atoms with van der Waals surface area (Å²) in [5.41, 5.74) is 7.46. The molecule has 0 aromatic heterocycles. The molecule has 1 amide bonds. The van der Waals surface area contributed by atoms with Crippen LogP contribution in [0.15, 0.2) is 24.3 Å². The van der Waals surface area contributed by atoms with E-state index in [0.717, 1.165) is 18.5 Å². The lowest BCUT2D eigenvalue weighted by Gasteiger charge is -2.56. The van der Waals surface area contributed by atoms with E-state index in [1.165, 1.54) is 0 Å². The molecule has 1 aromatic carbocycles. The van der Waals surface area contributed by atoms with Gasteiger partial charge in [0.05, 0.1) is 0 Å². The molecular formula is C17H26N2O. The van der Waals surface area contributed by atoms with Gasteiger partial charge in [-0.2, -0.15) is 0 Å². The molecule has 1 aliphatic rings. The van der Waals surface area contributed by atoms with Crippen molar-refractivity contribution in [2.45, 2.75) is 45.6 Å². The number of likely N-dealkylation sites (tertiary alicyclic amines) is 1. The number of hydrogen-bond acceptors (Lipinski definition) is 2. The number of amides is 1. The summed E-state index contributed by atoms with van der Waals surface area (Å²) < 4.78 is 0. The highest BCUT2D eigenvalue weighted by Gasteiger charge is 2.49. The fraction of sp³-hybridized carbons (Fsp3) is 0.588. The third kappa shape index (κ3) is 2.14. The second-order valence-corrected chi connectivity index (χ2v) is 7.00. The number of carbonyl (C=O) groups is 1. The Morgan fingerprint density at radius 2 is 1.85 bits per heavy atom. The molecule has 0 aliphatic carbocycles.